The van der Waals surface area contributed by atoms with Crippen LogP contribution in [-0.4, -0.2) is 25.7 Å². The summed E-state index contributed by atoms with van der Waals surface area (Å²) in [4.78, 5) is 12.5. The van der Waals surface area contributed by atoms with Crippen LogP contribution in [0, 0.1) is 5.92 Å². The summed E-state index contributed by atoms with van der Waals surface area (Å²) >= 11 is 0. The number of piperidine rings is 1. The molecule has 4 nitrogen and oxygen atoms in total. The molecule has 2 fully saturated rings. The quantitative estimate of drug-likeness (QED) is 0.402. The summed E-state index contributed by atoms with van der Waals surface area (Å²) in [5.41, 5.74) is 2.67. The van der Waals surface area contributed by atoms with E-state index in [2.05, 4.69) is 47.8 Å². The van der Waals surface area contributed by atoms with Crippen LogP contribution in [0.4, 0.5) is 0 Å². The predicted octanol–water partition coefficient (Wildman–Crippen LogP) is 6.43. The zero-order valence-corrected chi connectivity index (χ0v) is 20.1. The topological polar surface area (TPSA) is 47.6 Å². The highest BCUT2D eigenvalue weighted by atomic mass is 16.5. The largest absolute Gasteiger partial charge is 0.493 e. The highest BCUT2D eigenvalue weighted by Gasteiger charge is 2.29. The molecule has 1 saturated heterocycles. The zero-order valence-electron chi connectivity index (χ0n) is 20.1. The Morgan fingerprint density at radius 2 is 1.73 bits per heavy atom. The van der Waals surface area contributed by atoms with Crippen molar-refractivity contribution in [2.75, 3.05) is 13.7 Å². The number of hydrogen-bond donors (Lipinski definition) is 1. The van der Waals surface area contributed by atoms with Gasteiger partial charge in [-0.15, -0.1) is 0 Å². The molecular weight excluding hydrogens is 410 g/mol. The molecule has 4 heteroatoms. The summed E-state index contributed by atoms with van der Waals surface area (Å²) in [6.45, 7) is 0.710. The van der Waals surface area contributed by atoms with Gasteiger partial charge in [0, 0.05) is 18.4 Å². The minimum atomic E-state index is 0.110. The van der Waals surface area contributed by atoms with Crippen LogP contribution in [0.2, 0.25) is 0 Å². The second kappa shape index (κ2) is 12.1. The highest BCUT2D eigenvalue weighted by Crippen LogP contribution is 2.37. The molecule has 33 heavy (non-hydrogen) atoms. The number of amides is 1. The smallest absolute Gasteiger partial charge is 0.223 e. The van der Waals surface area contributed by atoms with Gasteiger partial charge >= 0.3 is 0 Å². The first-order chi connectivity index (χ1) is 16.2. The molecule has 1 aliphatic heterocycles. The molecule has 1 N–H and O–H groups in total. The molecule has 0 radical (unpaired) electrons. The van der Waals surface area contributed by atoms with Gasteiger partial charge in [-0.2, -0.15) is 0 Å². The average molecular weight is 450 g/mol. The fourth-order valence-corrected chi connectivity index (χ4v) is 5.35. The maximum absolute atomic E-state index is 12.5. The predicted molar refractivity (Wildman–Crippen MR) is 133 cm³/mol. The van der Waals surface area contributed by atoms with Crippen LogP contribution in [0.1, 0.15) is 81.3 Å². The van der Waals surface area contributed by atoms with Crippen LogP contribution < -0.4 is 14.8 Å². The van der Waals surface area contributed by atoms with Gasteiger partial charge in [-0.3, -0.25) is 4.79 Å². The average Bonchev–Trinajstić information content (AvgIpc) is 3.36. The van der Waals surface area contributed by atoms with E-state index in [1.807, 2.05) is 6.07 Å². The normalized spacial score (nSPS) is 21.1. The van der Waals surface area contributed by atoms with Crippen LogP contribution >= 0.6 is 0 Å². The highest BCUT2D eigenvalue weighted by molar-refractivity contribution is 5.79. The summed E-state index contributed by atoms with van der Waals surface area (Å²) < 4.78 is 11.9. The molecule has 2 aromatic rings. The Morgan fingerprint density at radius 1 is 0.939 bits per heavy atom. The third kappa shape index (κ3) is 6.75. The van der Waals surface area contributed by atoms with Crippen molar-refractivity contribution >= 4 is 5.91 Å². The lowest BCUT2D eigenvalue weighted by atomic mass is 9.82. The summed E-state index contributed by atoms with van der Waals surface area (Å²) in [5.74, 6) is 2.33. The van der Waals surface area contributed by atoms with E-state index in [0.717, 1.165) is 50.0 Å². The number of ether oxygens (including phenoxy) is 2. The van der Waals surface area contributed by atoms with E-state index >= 15 is 0 Å². The number of carbonyl (C=O) groups is 1. The monoisotopic (exact) mass is 449 g/mol. The van der Waals surface area contributed by atoms with Gasteiger partial charge in [-0.25, -0.2) is 0 Å². The van der Waals surface area contributed by atoms with E-state index in [9.17, 15) is 4.79 Å². The Balaban J connectivity index is 1.26. The van der Waals surface area contributed by atoms with E-state index in [1.54, 1.807) is 7.11 Å². The van der Waals surface area contributed by atoms with E-state index in [0.29, 0.717) is 18.6 Å². The number of rotatable bonds is 11. The van der Waals surface area contributed by atoms with Crippen LogP contribution in [0.5, 0.6) is 11.5 Å². The third-order valence-electron chi connectivity index (χ3n) is 7.33. The maximum atomic E-state index is 12.5. The number of nitrogens with one attached hydrogen (secondary N) is 1. The van der Waals surface area contributed by atoms with E-state index in [-0.39, 0.29) is 11.8 Å². The number of hydrogen-bond acceptors (Lipinski definition) is 3. The molecule has 1 aliphatic carbocycles. The lowest BCUT2D eigenvalue weighted by molar-refractivity contribution is -0.127. The van der Waals surface area contributed by atoms with Gasteiger partial charge in [-0.05, 0) is 74.6 Å². The van der Waals surface area contributed by atoms with Crippen LogP contribution in [-0.2, 0) is 11.2 Å². The van der Waals surface area contributed by atoms with Crippen molar-refractivity contribution in [1.29, 1.82) is 0 Å². The van der Waals surface area contributed by atoms with Crippen molar-refractivity contribution in [2.45, 2.75) is 82.7 Å². The molecule has 0 unspecified atom stereocenters. The molecule has 2 aromatic carbocycles. The van der Waals surface area contributed by atoms with Crippen molar-refractivity contribution in [3.05, 3.63) is 59.7 Å². The fraction of sp³-hybridized carbons (Fsp3) is 0.552. The number of benzene rings is 2. The molecule has 4 rings (SSSR count). The maximum Gasteiger partial charge on any atom is 0.223 e. The molecule has 0 aromatic heterocycles. The lowest BCUT2D eigenvalue weighted by Crippen LogP contribution is -2.40. The number of unbranched alkanes of at least 4 members (excludes halogenated alkanes) is 3. The van der Waals surface area contributed by atoms with E-state index in [4.69, 9.17) is 9.47 Å². The van der Waals surface area contributed by atoms with Gasteiger partial charge in [0.1, 0.15) is 0 Å². The van der Waals surface area contributed by atoms with Gasteiger partial charge in [0.25, 0.3) is 0 Å². The molecule has 2 atom stereocenters. The number of carbonyl (C=O) groups excluding carboxylic acids is 1. The summed E-state index contributed by atoms with van der Waals surface area (Å²) in [5, 5.41) is 3.16. The van der Waals surface area contributed by atoms with Crippen molar-refractivity contribution in [2.24, 2.45) is 5.92 Å². The molecule has 1 saturated carbocycles. The Bertz CT molecular complexity index is 876. The Hall–Kier alpha value is -2.49. The standard InChI is InChI=1S/C29H39NO3/c1-32-27-18-17-23(20-28(27)33-26-15-9-10-16-26)25-19-24(29(31)30-21-25)14-8-3-2-5-11-22-12-6-4-7-13-22/h4,6-7,12-13,17-18,20,24-26H,2-3,5,8-11,14-16,19,21H2,1H3,(H,30,31)/t24-,25-/m1/s1. The van der Waals surface area contributed by atoms with Crippen molar-refractivity contribution < 1.29 is 14.3 Å². The lowest BCUT2D eigenvalue weighted by Gasteiger charge is -2.30. The fourth-order valence-electron chi connectivity index (χ4n) is 5.35. The van der Waals surface area contributed by atoms with Crippen molar-refractivity contribution in [3.63, 3.8) is 0 Å². The number of methoxy groups -OCH3 is 1. The number of aryl methyl sites for hydroxylation is 1. The van der Waals surface area contributed by atoms with Gasteiger partial charge in [-0.1, -0.05) is 55.7 Å². The van der Waals surface area contributed by atoms with Gasteiger partial charge in [0.05, 0.1) is 13.2 Å². The van der Waals surface area contributed by atoms with Crippen LogP contribution in [0.25, 0.3) is 0 Å². The van der Waals surface area contributed by atoms with Crippen molar-refractivity contribution in [3.8, 4) is 11.5 Å². The van der Waals surface area contributed by atoms with Gasteiger partial charge in [0.15, 0.2) is 11.5 Å². The van der Waals surface area contributed by atoms with Crippen molar-refractivity contribution in [1.82, 2.24) is 5.32 Å². The molecular formula is C29H39NO3. The molecule has 0 spiro atoms. The summed E-state index contributed by atoms with van der Waals surface area (Å²) in [7, 11) is 1.70. The first-order valence-corrected chi connectivity index (χ1v) is 12.9. The molecule has 2 aliphatic rings. The van der Waals surface area contributed by atoms with Crippen LogP contribution in [0.15, 0.2) is 48.5 Å². The minimum absolute atomic E-state index is 0.110. The zero-order chi connectivity index (χ0) is 22.9. The second-order valence-electron chi connectivity index (χ2n) is 9.75. The van der Waals surface area contributed by atoms with Gasteiger partial charge in [0.2, 0.25) is 5.91 Å². The Kier molecular flexibility index (Phi) is 8.68. The third-order valence-corrected chi connectivity index (χ3v) is 7.33. The Morgan fingerprint density at radius 3 is 2.52 bits per heavy atom. The SMILES string of the molecule is COc1ccc([C@H]2CNC(=O)[C@H](CCCCCCc3ccccc3)C2)cc1OC1CCCC1. The molecule has 1 amide bonds. The first-order valence-electron chi connectivity index (χ1n) is 12.9. The minimum Gasteiger partial charge on any atom is -0.493 e. The second-order valence-corrected chi connectivity index (χ2v) is 9.75. The molecule has 0 bridgehead atoms. The van der Waals surface area contributed by atoms with Gasteiger partial charge < -0.3 is 14.8 Å². The van der Waals surface area contributed by atoms with E-state index in [1.165, 1.54) is 43.2 Å². The molecule has 178 valence electrons. The summed E-state index contributed by atoms with van der Waals surface area (Å²) in [6.07, 6.45) is 12.9. The Labute approximate surface area is 199 Å². The van der Waals surface area contributed by atoms with E-state index < -0.39 is 0 Å². The summed E-state index contributed by atoms with van der Waals surface area (Å²) in [6, 6.07) is 17.0. The van der Waals surface area contributed by atoms with Crippen LogP contribution in [0.3, 0.4) is 0 Å². The first kappa shape index (κ1) is 23.7. The molecule has 1 heterocycles.